The summed E-state index contributed by atoms with van der Waals surface area (Å²) in [7, 11) is 1.59. The van der Waals surface area contributed by atoms with Crippen molar-refractivity contribution < 1.29 is 41.0 Å². The van der Waals surface area contributed by atoms with E-state index < -0.39 is 35.5 Å². The molecule has 0 radical (unpaired) electrons. The molecule has 2 aliphatic rings. The van der Waals surface area contributed by atoms with Crippen LogP contribution in [-0.2, 0) is 30.7 Å². The lowest BCUT2D eigenvalue weighted by molar-refractivity contribution is -0.783. The summed E-state index contributed by atoms with van der Waals surface area (Å²) < 4.78 is 82.5. The highest BCUT2D eigenvalue weighted by atomic mass is 19.4. The first-order chi connectivity index (χ1) is 21.1. The lowest BCUT2D eigenvalue weighted by Gasteiger charge is -2.35. The minimum atomic E-state index is -4.97. The van der Waals surface area contributed by atoms with Crippen LogP contribution in [0.25, 0.3) is 0 Å². The molecule has 14 heteroatoms. The third-order valence-corrected chi connectivity index (χ3v) is 8.90. The molecule has 1 fully saturated rings. The van der Waals surface area contributed by atoms with Crippen molar-refractivity contribution in [3.8, 4) is 0 Å². The number of aryl methyl sites for hydroxylation is 3. The summed E-state index contributed by atoms with van der Waals surface area (Å²) in [5.74, 6) is -0.624. The van der Waals surface area contributed by atoms with Crippen molar-refractivity contribution in [2.75, 3.05) is 22.9 Å². The van der Waals surface area contributed by atoms with Crippen molar-refractivity contribution in [1.82, 2.24) is 15.4 Å². The van der Waals surface area contributed by atoms with Crippen LogP contribution < -0.4 is 14.6 Å². The lowest BCUT2D eigenvalue weighted by Crippen LogP contribution is -2.35. The highest BCUT2D eigenvalue weighted by Crippen LogP contribution is 2.43. The molecule has 0 bridgehead atoms. The van der Waals surface area contributed by atoms with E-state index in [2.05, 4.69) is 26.4 Å². The number of carbonyl (C=O) groups is 1. The number of hydrogen-bond donors (Lipinski definition) is 2. The fourth-order valence-corrected chi connectivity index (χ4v) is 6.88. The molecular formula is C31H37F6N6O2+. The molecule has 1 aliphatic carbocycles. The van der Waals surface area contributed by atoms with Crippen LogP contribution in [0.4, 0.5) is 38.0 Å². The third-order valence-electron chi connectivity index (χ3n) is 8.90. The molecule has 3 aromatic rings. The second kappa shape index (κ2) is 12.5. The van der Waals surface area contributed by atoms with Crippen LogP contribution in [0, 0.1) is 25.7 Å². The van der Waals surface area contributed by atoms with Crippen molar-refractivity contribution in [2.24, 2.45) is 18.9 Å². The van der Waals surface area contributed by atoms with Gasteiger partial charge in [-0.15, -0.1) is 0 Å². The number of aromatic amines is 1. The van der Waals surface area contributed by atoms with Crippen LogP contribution in [-0.4, -0.2) is 39.6 Å². The number of alkyl halides is 6. The molecule has 1 aliphatic heterocycles. The minimum absolute atomic E-state index is 0.135. The highest BCUT2D eigenvalue weighted by molar-refractivity contribution is 5.70. The smallest absolute Gasteiger partial charge is 0.416 e. The molecular weight excluding hydrogens is 602 g/mol. The van der Waals surface area contributed by atoms with E-state index in [1.165, 1.54) is 4.80 Å². The zero-order valence-corrected chi connectivity index (χ0v) is 25.3. The monoisotopic (exact) mass is 639 g/mol. The number of benzene rings is 2. The zero-order valence-electron chi connectivity index (χ0n) is 25.3. The molecule has 5 rings (SSSR count). The van der Waals surface area contributed by atoms with Crippen LogP contribution in [0.3, 0.4) is 0 Å². The van der Waals surface area contributed by atoms with Gasteiger partial charge in [-0.2, -0.15) is 26.3 Å². The molecule has 0 unspecified atom stereocenters. The second-order valence-electron chi connectivity index (χ2n) is 12.4. The maximum Gasteiger partial charge on any atom is 0.416 e. The van der Waals surface area contributed by atoms with Crippen LogP contribution >= 0.6 is 0 Å². The molecule has 1 atom stereocenters. The number of aliphatic carboxylic acids is 1. The van der Waals surface area contributed by atoms with Gasteiger partial charge in [0, 0.05) is 30.4 Å². The van der Waals surface area contributed by atoms with Gasteiger partial charge in [-0.25, -0.2) is 0 Å². The van der Waals surface area contributed by atoms with Gasteiger partial charge in [0.2, 0.25) is 0 Å². The van der Waals surface area contributed by atoms with Gasteiger partial charge >= 0.3 is 24.3 Å². The van der Waals surface area contributed by atoms with E-state index >= 15 is 0 Å². The van der Waals surface area contributed by atoms with E-state index in [4.69, 9.17) is 0 Å². The summed E-state index contributed by atoms with van der Waals surface area (Å²) in [5, 5.41) is 20.7. The summed E-state index contributed by atoms with van der Waals surface area (Å²) in [6.45, 7) is 5.09. The predicted octanol–water partition coefficient (Wildman–Crippen LogP) is 6.52. The van der Waals surface area contributed by atoms with Gasteiger partial charge in [0.25, 0.3) is 0 Å². The Kier molecular flexibility index (Phi) is 9.05. The van der Waals surface area contributed by atoms with Gasteiger partial charge in [0.1, 0.15) is 7.05 Å². The van der Waals surface area contributed by atoms with Gasteiger partial charge in [-0.05, 0) is 98.4 Å². The largest absolute Gasteiger partial charge is 0.481 e. The molecule has 2 aromatic carbocycles. The highest BCUT2D eigenvalue weighted by Gasteiger charge is 2.39. The van der Waals surface area contributed by atoms with Gasteiger partial charge in [-0.1, -0.05) is 22.5 Å². The molecule has 1 aromatic heterocycles. The van der Waals surface area contributed by atoms with Crippen LogP contribution in [0.1, 0.15) is 77.9 Å². The molecule has 1 saturated carbocycles. The van der Waals surface area contributed by atoms with Crippen molar-refractivity contribution in [3.05, 3.63) is 63.7 Å². The van der Waals surface area contributed by atoms with E-state index in [-0.39, 0.29) is 30.0 Å². The Bertz CT molecular complexity index is 1500. The minimum Gasteiger partial charge on any atom is -0.481 e. The summed E-state index contributed by atoms with van der Waals surface area (Å²) >= 11 is 0. The number of hydrogen-bond acceptors (Lipinski definition) is 5. The first-order valence-electron chi connectivity index (χ1n) is 15.0. The zero-order chi connectivity index (χ0) is 32.7. The van der Waals surface area contributed by atoms with Gasteiger partial charge in [0.05, 0.1) is 28.2 Å². The molecule has 244 valence electrons. The number of carboxylic acid groups (broad SMARTS) is 1. The molecule has 2 heterocycles. The van der Waals surface area contributed by atoms with Crippen molar-refractivity contribution >= 4 is 17.6 Å². The van der Waals surface area contributed by atoms with E-state index in [1.54, 1.807) is 11.9 Å². The normalized spacial score (nSPS) is 20.9. The number of fused-ring (bicyclic) bond motifs is 1. The average molecular weight is 640 g/mol. The third kappa shape index (κ3) is 7.36. The Morgan fingerprint density at radius 2 is 1.64 bits per heavy atom. The SMILES string of the molecule is Cc1cc(C)c2c(c1)[C@@H](N(Cc1cc(C(F)(F)F)cc(C(F)(F)F)c1)c1n[nH][n+](C)n1)CCCN2CC1CCC(C(=O)O)CC1. The Morgan fingerprint density at radius 1 is 1.00 bits per heavy atom. The number of carboxylic acids is 1. The van der Waals surface area contributed by atoms with E-state index in [0.29, 0.717) is 38.1 Å². The fraction of sp³-hybridized carbons (Fsp3) is 0.548. The maximum atomic E-state index is 13.7. The van der Waals surface area contributed by atoms with Gasteiger partial charge in [0.15, 0.2) is 0 Å². The lowest BCUT2D eigenvalue weighted by atomic mass is 9.81. The number of aromatic nitrogens is 4. The summed E-state index contributed by atoms with van der Waals surface area (Å²) in [5.41, 5.74) is 0.961. The molecule has 0 amide bonds. The Morgan fingerprint density at radius 3 is 2.20 bits per heavy atom. The molecule has 45 heavy (non-hydrogen) atoms. The second-order valence-corrected chi connectivity index (χ2v) is 12.4. The number of rotatable bonds is 7. The van der Waals surface area contributed by atoms with Crippen LogP contribution in [0.5, 0.6) is 0 Å². The van der Waals surface area contributed by atoms with Gasteiger partial charge in [-0.3, -0.25) is 4.79 Å². The number of nitrogens with zero attached hydrogens (tertiary/aromatic N) is 5. The average Bonchev–Trinajstić information content (AvgIpc) is 3.30. The number of halogens is 6. The van der Waals surface area contributed by atoms with Crippen molar-refractivity contribution in [3.63, 3.8) is 0 Å². The fourth-order valence-electron chi connectivity index (χ4n) is 6.88. The molecule has 0 spiro atoms. The number of tetrazole rings is 1. The number of H-pyrrole nitrogens is 1. The van der Waals surface area contributed by atoms with Gasteiger partial charge < -0.3 is 14.9 Å². The Labute approximate surface area is 257 Å². The number of nitrogens with one attached hydrogen (secondary N) is 1. The maximum absolute atomic E-state index is 13.7. The summed E-state index contributed by atoms with van der Waals surface area (Å²) in [4.78, 5) is 16.8. The predicted molar refractivity (Wildman–Crippen MR) is 153 cm³/mol. The Balaban J connectivity index is 1.55. The topological polar surface area (TPSA) is 89.2 Å². The van der Waals surface area contributed by atoms with Crippen LogP contribution in [0.15, 0.2) is 30.3 Å². The Hall–Kier alpha value is -3.84. The van der Waals surface area contributed by atoms with Crippen molar-refractivity contribution in [1.29, 1.82) is 0 Å². The van der Waals surface area contributed by atoms with Crippen LogP contribution in [0.2, 0.25) is 0 Å². The van der Waals surface area contributed by atoms with E-state index in [9.17, 15) is 36.2 Å². The molecule has 0 saturated heterocycles. The quantitative estimate of drug-likeness (QED) is 0.226. The van der Waals surface area contributed by atoms with Crippen molar-refractivity contribution in [2.45, 2.75) is 77.3 Å². The molecule has 8 nitrogen and oxygen atoms in total. The van der Waals surface area contributed by atoms with E-state index in [0.717, 1.165) is 53.9 Å². The van der Waals surface area contributed by atoms with E-state index in [1.807, 2.05) is 19.9 Å². The summed E-state index contributed by atoms with van der Waals surface area (Å²) in [6, 6.07) is 5.29. The summed E-state index contributed by atoms with van der Waals surface area (Å²) in [6.07, 6.45) is -5.82. The first-order valence-corrected chi connectivity index (χ1v) is 15.0. The standard InChI is InChI=1S/C31H36F6N6O2/c1-18-11-19(2)27-25(12-18)26(5-4-10-42(27)16-20-6-8-22(9-7-20)28(44)45)43(29-38-40-41(3)39-29)17-21-13-23(30(32,33)34)15-24(14-21)31(35,36)37/h11-15,20,22,26H,4-10,16-17H2,1-3H3,(H,44,45)/p+1/t20?,22?,26-/m0/s1. The number of anilines is 2. The first kappa shape index (κ1) is 32.6. The molecule has 2 N–H and O–H groups in total.